The van der Waals surface area contributed by atoms with Gasteiger partial charge in [-0.2, -0.15) is 0 Å². The lowest BCUT2D eigenvalue weighted by atomic mass is 9.93. The molecule has 0 saturated carbocycles. The fourth-order valence-corrected chi connectivity index (χ4v) is 2.84. The summed E-state index contributed by atoms with van der Waals surface area (Å²) >= 11 is 0. The number of hydrogen-bond donors (Lipinski definition) is 2. The van der Waals surface area contributed by atoms with Gasteiger partial charge in [0.1, 0.15) is 5.56 Å². The Bertz CT molecular complexity index is 873. The second-order valence-electron chi connectivity index (χ2n) is 5.76. The molecule has 130 valence electrons. The van der Waals surface area contributed by atoms with Crippen molar-refractivity contribution in [2.75, 3.05) is 6.61 Å². The molecule has 0 unspecified atom stereocenters. The molecule has 2 aromatic heterocycles. The Hall–Kier alpha value is -2.96. The minimum atomic E-state index is -0.534. The van der Waals surface area contributed by atoms with Crippen LogP contribution in [-0.2, 0) is 13.0 Å². The van der Waals surface area contributed by atoms with Crippen LogP contribution in [0.2, 0.25) is 0 Å². The average molecular weight is 341 g/mol. The van der Waals surface area contributed by atoms with Gasteiger partial charge in [-0.15, -0.1) is 0 Å². The van der Waals surface area contributed by atoms with Crippen LogP contribution in [0.5, 0.6) is 5.88 Å². The topological polar surface area (TPSA) is 101 Å². The van der Waals surface area contributed by atoms with Crippen molar-refractivity contribution >= 4 is 11.7 Å². The molecule has 0 aliphatic heterocycles. The first-order chi connectivity index (χ1) is 12.1. The fourth-order valence-electron chi connectivity index (χ4n) is 2.84. The predicted octanol–water partition coefficient (Wildman–Crippen LogP) is 1.62. The number of rotatable bonds is 5. The highest BCUT2D eigenvalue weighted by Crippen LogP contribution is 2.19. The van der Waals surface area contributed by atoms with Gasteiger partial charge in [0.05, 0.1) is 6.61 Å². The molecular weight excluding hydrogens is 322 g/mol. The molecular formula is C18H19N3O4. The Balaban J connectivity index is 1.79. The molecule has 7 heteroatoms. The summed E-state index contributed by atoms with van der Waals surface area (Å²) in [6.07, 6.45) is 3.41. The van der Waals surface area contributed by atoms with Gasteiger partial charge in [0.2, 0.25) is 5.88 Å². The van der Waals surface area contributed by atoms with Crippen molar-refractivity contribution in [1.29, 1.82) is 0 Å². The van der Waals surface area contributed by atoms with Gasteiger partial charge in [-0.25, -0.2) is 4.98 Å². The molecule has 25 heavy (non-hydrogen) atoms. The van der Waals surface area contributed by atoms with Crippen molar-refractivity contribution in [3.05, 3.63) is 57.1 Å². The van der Waals surface area contributed by atoms with Gasteiger partial charge >= 0.3 is 0 Å². The van der Waals surface area contributed by atoms with E-state index in [1.54, 1.807) is 18.3 Å². The quantitative estimate of drug-likeness (QED) is 0.860. The highest BCUT2D eigenvalue weighted by Gasteiger charge is 2.22. The molecule has 2 N–H and O–H groups in total. The maximum absolute atomic E-state index is 12.4. The second kappa shape index (κ2) is 7.29. The molecule has 2 aromatic rings. The molecule has 0 atom stereocenters. The number of nitrogens with zero attached hydrogens (tertiary/aromatic N) is 1. The molecule has 1 aliphatic carbocycles. The lowest BCUT2D eigenvalue weighted by Crippen LogP contribution is -2.31. The Morgan fingerprint density at radius 3 is 3.00 bits per heavy atom. The average Bonchev–Trinajstić information content (AvgIpc) is 2.61. The number of Topliss-reactive ketones (excluding diaryl/α,β-unsaturated/α-hetero) is 1. The Labute approximate surface area is 144 Å². The molecule has 7 nitrogen and oxygen atoms in total. The number of aromatic nitrogens is 2. The molecule has 0 radical (unpaired) electrons. The number of aryl methyl sites for hydroxylation is 1. The van der Waals surface area contributed by atoms with E-state index in [1.807, 2.05) is 6.92 Å². The highest BCUT2D eigenvalue weighted by atomic mass is 16.5. The minimum absolute atomic E-state index is 0.0440. The standard InChI is InChI=1S/C18H19N3O4/c1-2-25-18-11(5-4-8-19-18)10-20-16(23)13-9-12-14(21-17(13)24)6-3-7-15(12)22/h4-5,8-9H,2-3,6-7,10H2,1H3,(H,20,23)(H,21,24). The summed E-state index contributed by atoms with van der Waals surface area (Å²) in [7, 11) is 0. The van der Waals surface area contributed by atoms with Gasteiger partial charge < -0.3 is 15.0 Å². The summed E-state index contributed by atoms with van der Waals surface area (Å²) in [5.74, 6) is -0.133. The van der Waals surface area contributed by atoms with Crippen LogP contribution >= 0.6 is 0 Å². The van der Waals surface area contributed by atoms with Crippen LogP contribution in [0.25, 0.3) is 0 Å². The van der Waals surface area contributed by atoms with Crippen LogP contribution in [0.15, 0.2) is 29.2 Å². The van der Waals surface area contributed by atoms with Gasteiger partial charge in [0.25, 0.3) is 11.5 Å². The largest absolute Gasteiger partial charge is 0.478 e. The normalized spacial score (nSPS) is 13.2. The number of pyridine rings is 2. The van der Waals surface area contributed by atoms with E-state index in [9.17, 15) is 14.4 Å². The Morgan fingerprint density at radius 2 is 2.20 bits per heavy atom. The van der Waals surface area contributed by atoms with E-state index in [4.69, 9.17) is 4.74 Å². The number of hydrogen-bond acceptors (Lipinski definition) is 5. The third kappa shape index (κ3) is 3.60. The summed E-state index contributed by atoms with van der Waals surface area (Å²) in [6, 6.07) is 4.94. The number of nitrogens with one attached hydrogen (secondary N) is 2. The third-order valence-electron chi connectivity index (χ3n) is 4.07. The molecule has 3 rings (SSSR count). The molecule has 0 aromatic carbocycles. The smallest absolute Gasteiger partial charge is 0.261 e. The SMILES string of the molecule is CCOc1ncccc1CNC(=O)c1cc2c([nH]c1=O)CCCC2=O. The molecule has 0 spiro atoms. The van der Waals surface area contributed by atoms with E-state index in [1.165, 1.54) is 6.07 Å². The lowest BCUT2D eigenvalue weighted by molar-refractivity contribution is 0.0949. The first-order valence-electron chi connectivity index (χ1n) is 8.24. The van der Waals surface area contributed by atoms with Crippen molar-refractivity contribution in [3.63, 3.8) is 0 Å². The lowest BCUT2D eigenvalue weighted by Gasteiger charge is -2.15. The molecule has 0 saturated heterocycles. The van der Waals surface area contributed by atoms with Crippen LogP contribution in [0, 0.1) is 0 Å². The second-order valence-corrected chi connectivity index (χ2v) is 5.76. The van der Waals surface area contributed by atoms with Crippen molar-refractivity contribution in [2.45, 2.75) is 32.7 Å². The number of amides is 1. The third-order valence-corrected chi connectivity index (χ3v) is 4.07. The van der Waals surface area contributed by atoms with Crippen LogP contribution in [0.4, 0.5) is 0 Å². The van der Waals surface area contributed by atoms with Crippen molar-refractivity contribution in [2.24, 2.45) is 0 Å². The van der Waals surface area contributed by atoms with Gasteiger partial charge in [-0.05, 0) is 31.9 Å². The number of ether oxygens (including phenoxy) is 1. The highest BCUT2D eigenvalue weighted by molar-refractivity contribution is 6.01. The summed E-state index contributed by atoms with van der Waals surface area (Å²) in [6.45, 7) is 2.48. The molecule has 1 amide bonds. The number of ketones is 1. The number of H-pyrrole nitrogens is 1. The first-order valence-corrected chi connectivity index (χ1v) is 8.24. The number of carbonyl (C=O) groups excluding carboxylic acids is 2. The van der Waals surface area contributed by atoms with Crippen LogP contribution in [-0.4, -0.2) is 28.3 Å². The van der Waals surface area contributed by atoms with Crippen LogP contribution < -0.4 is 15.6 Å². The van der Waals surface area contributed by atoms with Gasteiger partial charge in [0.15, 0.2) is 5.78 Å². The van der Waals surface area contributed by atoms with E-state index < -0.39 is 11.5 Å². The zero-order chi connectivity index (χ0) is 17.8. The summed E-state index contributed by atoms with van der Waals surface area (Å²) in [4.78, 5) is 43.3. The van der Waals surface area contributed by atoms with E-state index in [0.717, 1.165) is 0 Å². The molecule has 1 aliphatic rings. The maximum Gasteiger partial charge on any atom is 0.261 e. The van der Waals surface area contributed by atoms with E-state index in [0.29, 0.717) is 48.6 Å². The van der Waals surface area contributed by atoms with E-state index in [2.05, 4.69) is 15.3 Å². The molecule has 0 fully saturated rings. The van der Waals surface area contributed by atoms with E-state index >= 15 is 0 Å². The Kier molecular flexibility index (Phi) is 4.92. The van der Waals surface area contributed by atoms with Gasteiger partial charge in [-0.3, -0.25) is 14.4 Å². The van der Waals surface area contributed by atoms with Crippen LogP contribution in [0.3, 0.4) is 0 Å². The predicted molar refractivity (Wildman–Crippen MR) is 90.9 cm³/mol. The summed E-state index contributed by atoms with van der Waals surface area (Å²) in [5.41, 5.74) is 1.22. The van der Waals surface area contributed by atoms with Crippen LogP contribution in [0.1, 0.15) is 51.7 Å². The summed E-state index contributed by atoms with van der Waals surface area (Å²) in [5, 5.41) is 2.69. The molecule has 0 bridgehead atoms. The Morgan fingerprint density at radius 1 is 1.36 bits per heavy atom. The van der Waals surface area contributed by atoms with E-state index in [-0.39, 0.29) is 17.9 Å². The summed E-state index contributed by atoms with van der Waals surface area (Å²) < 4.78 is 5.41. The van der Waals surface area contributed by atoms with Gasteiger partial charge in [0, 0.05) is 36.0 Å². The van der Waals surface area contributed by atoms with Crippen molar-refractivity contribution in [3.8, 4) is 5.88 Å². The number of fused-ring (bicyclic) bond motifs is 1. The van der Waals surface area contributed by atoms with Crippen molar-refractivity contribution < 1.29 is 14.3 Å². The number of aromatic amines is 1. The maximum atomic E-state index is 12.4. The zero-order valence-electron chi connectivity index (χ0n) is 13.9. The zero-order valence-corrected chi connectivity index (χ0v) is 13.9. The van der Waals surface area contributed by atoms with Crippen molar-refractivity contribution in [1.82, 2.24) is 15.3 Å². The number of carbonyl (C=O) groups is 2. The first kappa shape index (κ1) is 16.9. The van der Waals surface area contributed by atoms with Gasteiger partial charge in [-0.1, -0.05) is 6.07 Å². The minimum Gasteiger partial charge on any atom is -0.478 e. The molecule has 2 heterocycles. The monoisotopic (exact) mass is 341 g/mol. The fraction of sp³-hybridized carbons (Fsp3) is 0.333.